The molecule has 140 valence electrons. The monoisotopic (exact) mass is 388 g/mol. The minimum absolute atomic E-state index is 0.0335. The second-order valence-corrected chi connectivity index (χ2v) is 7.65. The van der Waals surface area contributed by atoms with Crippen molar-refractivity contribution in [1.29, 1.82) is 0 Å². The summed E-state index contributed by atoms with van der Waals surface area (Å²) < 4.78 is 6.92. The normalized spacial score (nSPS) is 10.8. The zero-order valence-electron chi connectivity index (χ0n) is 15.5. The van der Waals surface area contributed by atoms with Crippen molar-refractivity contribution in [2.45, 2.75) is 13.2 Å². The average Bonchev–Trinajstić information content (AvgIpc) is 3.15. The van der Waals surface area contributed by atoms with E-state index in [4.69, 9.17) is 4.74 Å². The van der Waals surface area contributed by atoms with Crippen molar-refractivity contribution in [3.63, 3.8) is 0 Å². The van der Waals surface area contributed by atoms with Crippen LogP contribution in [-0.4, -0.2) is 22.8 Å². The molecule has 0 atom stereocenters. The summed E-state index contributed by atoms with van der Waals surface area (Å²) in [5.41, 5.74) is 2.72. The fourth-order valence-electron chi connectivity index (χ4n) is 2.92. The highest BCUT2D eigenvalue weighted by atomic mass is 32.1. The molecule has 4 rings (SSSR count). The first-order valence-corrected chi connectivity index (χ1v) is 9.87. The van der Waals surface area contributed by atoms with E-state index in [2.05, 4.69) is 4.98 Å². The molecule has 0 aliphatic rings. The van der Waals surface area contributed by atoms with Crippen LogP contribution in [0.2, 0.25) is 0 Å². The summed E-state index contributed by atoms with van der Waals surface area (Å²) in [7, 11) is 1.80. The van der Waals surface area contributed by atoms with Crippen LogP contribution in [0.4, 0.5) is 0 Å². The second-order valence-electron chi connectivity index (χ2n) is 6.54. The van der Waals surface area contributed by atoms with Crippen LogP contribution in [0.15, 0.2) is 78.9 Å². The van der Waals surface area contributed by atoms with Gasteiger partial charge in [-0.05, 0) is 42.0 Å². The van der Waals surface area contributed by atoms with Crippen LogP contribution in [0, 0.1) is 0 Å². The highest BCUT2D eigenvalue weighted by molar-refractivity contribution is 7.18. The van der Waals surface area contributed by atoms with Gasteiger partial charge >= 0.3 is 0 Å². The van der Waals surface area contributed by atoms with E-state index >= 15 is 0 Å². The van der Waals surface area contributed by atoms with Gasteiger partial charge in [0.05, 0.1) is 16.8 Å². The number of amides is 1. The number of hydrogen-bond acceptors (Lipinski definition) is 4. The first-order chi connectivity index (χ1) is 13.7. The average molecular weight is 388 g/mol. The lowest BCUT2D eigenvalue weighted by Crippen LogP contribution is -2.26. The van der Waals surface area contributed by atoms with E-state index in [1.807, 2.05) is 66.7 Å². The molecule has 0 bridgehead atoms. The number of aromatic nitrogens is 1. The Hall–Kier alpha value is -3.18. The van der Waals surface area contributed by atoms with Crippen LogP contribution in [0.25, 0.3) is 10.2 Å². The van der Waals surface area contributed by atoms with Crippen LogP contribution >= 0.6 is 11.3 Å². The summed E-state index contributed by atoms with van der Waals surface area (Å²) in [6, 6.07) is 25.3. The number of carbonyl (C=O) groups excluding carboxylic acids is 1. The zero-order valence-corrected chi connectivity index (χ0v) is 16.4. The minimum Gasteiger partial charge on any atom is -0.489 e. The molecule has 1 amide bonds. The molecule has 28 heavy (non-hydrogen) atoms. The molecule has 3 aromatic carbocycles. The van der Waals surface area contributed by atoms with Crippen molar-refractivity contribution in [2.24, 2.45) is 0 Å². The summed E-state index contributed by atoms with van der Waals surface area (Å²) in [6.45, 7) is 0.996. The highest BCUT2D eigenvalue weighted by Crippen LogP contribution is 2.23. The third-order valence-corrected chi connectivity index (χ3v) is 5.43. The number of carbonyl (C=O) groups is 1. The van der Waals surface area contributed by atoms with Gasteiger partial charge in [-0.15, -0.1) is 11.3 Å². The van der Waals surface area contributed by atoms with Crippen molar-refractivity contribution in [2.75, 3.05) is 7.05 Å². The largest absolute Gasteiger partial charge is 0.489 e. The summed E-state index contributed by atoms with van der Waals surface area (Å²) in [5, 5.41) is 0.930. The summed E-state index contributed by atoms with van der Waals surface area (Å²) >= 11 is 1.62. The Kier molecular flexibility index (Phi) is 5.35. The van der Waals surface area contributed by atoms with Gasteiger partial charge < -0.3 is 9.64 Å². The number of ether oxygens (including phenoxy) is 1. The van der Waals surface area contributed by atoms with E-state index in [0.29, 0.717) is 18.7 Å². The molecule has 0 aliphatic carbocycles. The van der Waals surface area contributed by atoms with Crippen molar-refractivity contribution in [3.05, 3.63) is 95.0 Å². The molecule has 0 unspecified atom stereocenters. The Balaban J connectivity index is 1.38. The fraction of sp³-hybridized carbons (Fsp3) is 0.130. The van der Waals surface area contributed by atoms with Gasteiger partial charge in [0, 0.05) is 12.6 Å². The molecular weight excluding hydrogens is 368 g/mol. The first kappa shape index (κ1) is 18.2. The predicted octanol–water partition coefficient (Wildman–Crippen LogP) is 5.15. The number of para-hydroxylation sites is 1. The lowest BCUT2D eigenvalue weighted by atomic mass is 10.2. The predicted molar refractivity (Wildman–Crippen MR) is 113 cm³/mol. The number of thiazole rings is 1. The van der Waals surface area contributed by atoms with Gasteiger partial charge in [-0.25, -0.2) is 4.98 Å². The topological polar surface area (TPSA) is 42.4 Å². The quantitative estimate of drug-likeness (QED) is 0.459. The van der Waals surface area contributed by atoms with E-state index in [1.54, 1.807) is 35.4 Å². The highest BCUT2D eigenvalue weighted by Gasteiger charge is 2.14. The number of rotatable bonds is 6. The molecular formula is C23H20N2O2S. The van der Waals surface area contributed by atoms with Crippen molar-refractivity contribution in [1.82, 2.24) is 9.88 Å². The maximum absolute atomic E-state index is 12.7. The molecule has 0 aliphatic heterocycles. The van der Waals surface area contributed by atoms with Gasteiger partial charge in [0.25, 0.3) is 5.91 Å². The van der Waals surface area contributed by atoms with Gasteiger partial charge in [-0.1, -0.05) is 42.5 Å². The Morgan fingerprint density at radius 1 is 0.964 bits per heavy atom. The molecule has 0 saturated heterocycles. The van der Waals surface area contributed by atoms with Crippen LogP contribution in [0.3, 0.4) is 0 Å². The lowest BCUT2D eigenvalue weighted by molar-refractivity contribution is 0.0785. The van der Waals surface area contributed by atoms with Gasteiger partial charge in [-0.3, -0.25) is 4.79 Å². The first-order valence-electron chi connectivity index (χ1n) is 9.06. The van der Waals surface area contributed by atoms with E-state index < -0.39 is 0 Å². The number of fused-ring (bicyclic) bond motifs is 1. The molecule has 4 aromatic rings. The SMILES string of the molecule is CN(Cc1nc2ccccc2s1)C(=O)c1ccc(OCc2ccccc2)cc1. The van der Waals surface area contributed by atoms with Crippen LogP contribution in [0.1, 0.15) is 20.9 Å². The number of benzene rings is 3. The maximum atomic E-state index is 12.7. The van der Waals surface area contributed by atoms with Gasteiger partial charge in [-0.2, -0.15) is 0 Å². The van der Waals surface area contributed by atoms with Crippen molar-refractivity contribution < 1.29 is 9.53 Å². The second kappa shape index (κ2) is 8.23. The molecule has 5 heteroatoms. The Labute approximate surface area is 168 Å². The maximum Gasteiger partial charge on any atom is 0.253 e. The number of nitrogens with zero attached hydrogens (tertiary/aromatic N) is 2. The Morgan fingerprint density at radius 2 is 1.68 bits per heavy atom. The zero-order chi connectivity index (χ0) is 19.3. The Morgan fingerprint density at radius 3 is 2.43 bits per heavy atom. The van der Waals surface area contributed by atoms with Gasteiger partial charge in [0.2, 0.25) is 0 Å². The fourth-order valence-corrected chi connectivity index (χ4v) is 3.94. The van der Waals surface area contributed by atoms with Gasteiger partial charge in [0.1, 0.15) is 17.4 Å². The molecule has 0 N–H and O–H groups in total. The van der Waals surface area contributed by atoms with E-state index in [-0.39, 0.29) is 5.91 Å². The molecule has 0 saturated carbocycles. The Bertz CT molecular complexity index is 1040. The van der Waals surface area contributed by atoms with E-state index in [0.717, 1.165) is 26.5 Å². The summed E-state index contributed by atoms with van der Waals surface area (Å²) in [4.78, 5) is 19.0. The summed E-state index contributed by atoms with van der Waals surface area (Å²) in [6.07, 6.45) is 0. The third-order valence-electron chi connectivity index (χ3n) is 4.41. The van der Waals surface area contributed by atoms with E-state index in [1.165, 1.54) is 0 Å². The van der Waals surface area contributed by atoms with Crippen LogP contribution in [-0.2, 0) is 13.2 Å². The van der Waals surface area contributed by atoms with Crippen LogP contribution < -0.4 is 4.74 Å². The smallest absolute Gasteiger partial charge is 0.253 e. The third kappa shape index (κ3) is 4.21. The molecule has 1 heterocycles. The standard InChI is InChI=1S/C23H20N2O2S/c1-25(15-22-24-20-9-5-6-10-21(20)28-22)23(26)18-11-13-19(14-12-18)27-16-17-7-3-2-4-8-17/h2-14H,15-16H2,1H3. The number of hydrogen-bond donors (Lipinski definition) is 0. The molecule has 4 nitrogen and oxygen atoms in total. The molecule has 0 radical (unpaired) electrons. The van der Waals surface area contributed by atoms with Crippen molar-refractivity contribution >= 4 is 27.5 Å². The van der Waals surface area contributed by atoms with Crippen molar-refractivity contribution in [3.8, 4) is 5.75 Å². The molecule has 1 aromatic heterocycles. The van der Waals surface area contributed by atoms with E-state index in [9.17, 15) is 4.79 Å². The van der Waals surface area contributed by atoms with Crippen LogP contribution in [0.5, 0.6) is 5.75 Å². The summed E-state index contributed by atoms with van der Waals surface area (Å²) in [5.74, 6) is 0.711. The minimum atomic E-state index is -0.0335. The lowest BCUT2D eigenvalue weighted by Gasteiger charge is -2.16. The molecule has 0 spiro atoms. The molecule has 0 fully saturated rings. The van der Waals surface area contributed by atoms with Gasteiger partial charge in [0.15, 0.2) is 0 Å².